The lowest BCUT2D eigenvalue weighted by Gasteiger charge is -2.16. The van der Waals surface area contributed by atoms with E-state index in [4.69, 9.17) is 16.7 Å². The van der Waals surface area contributed by atoms with E-state index in [0.29, 0.717) is 0 Å². The first kappa shape index (κ1) is 16.6. The Balaban J connectivity index is 2.28. The maximum Gasteiger partial charge on any atom is 0.419 e. The van der Waals surface area contributed by atoms with Gasteiger partial charge in [0, 0.05) is 12.1 Å². The van der Waals surface area contributed by atoms with E-state index in [1.54, 1.807) is 0 Å². The van der Waals surface area contributed by atoms with Gasteiger partial charge in [0.25, 0.3) is 5.69 Å². The number of hydrogen-bond acceptors (Lipinski definition) is 5. The second-order valence-electron chi connectivity index (χ2n) is 4.32. The molecular weight excluding hydrogens is 338 g/mol. The average molecular weight is 347 g/mol. The molecule has 0 aliphatic heterocycles. The van der Waals surface area contributed by atoms with Crippen molar-refractivity contribution < 1.29 is 23.4 Å². The van der Waals surface area contributed by atoms with Gasteiger partial charge in [0.2, 0.25) is 0 Å². The third-order valence-electron chi connectivity index (χ3n) is 2.79. The van der Waals surface area contributed by atoms with Crippen molar-refractivity contribution in [2.75, 3.05) is 11.9 Å². The minimum Gasteiger partial charge on any atom is -0.618 e. The Morgan fingerprint density at radius 2 is 2.22 bits per heavy atom. The van der Waals surface area contributed by atoms with Gasteiger partial charge in [0.05, 0.1) is 12.7 Å². The Kier molecular flexibility index (Phi) is 4.45. The summed E-state index contributed by atoms with van der Waals surface area (Å²) in [6.07, 6.45) is 0.0485. The molecule has 0 fully saturated rings. The van der Waals surface area contributed by atoms with Gasteiger partial charge >= 0.3 is 17.6 Å². The minimum absolute atomic E-state index is 0.00744. The number of halogens is 3. The number of nitrogens with one attached hydrogen (secondary N) is 1. The van der Waals surface area contributed by atoms with Crippen molar-refractivity contribution in [2.24, 2.45) is 0 Å². The number of pyridine rings is 1. The molecule has 0 saturated heterocycles. The largest absolute Gasteiger partial charge is 0.618 e. The number of hydrogen-bond donors (Lipinski definition) is 2. The summed E-state index contributed by atoms with van der Waals surface area (Å²) in [5.41, 5.74) is -2.04. The summed E-state index contributed by atoms with van der Waals surface area (Å²) in [4.78, 5) is 26.2. The Labute approximate surface area is 132 Å². The number of carbonyl (C=O) groups is 1. The lowest BCUT2D eigenvalue weighted by molar-refractivity contribution is -0.624. The number of aromatic nitrogens is 3. The van der Waals surface area contributed by atoms with Gasteiger partial charge in [-0.25, -0.2) is 9.78 Å². The standard InChI is InChI=1S/C12H9ClF2N4O4/c13-8-5-16-9(10(20)19(8)11(21)22)17-6-12(14,15)7-3-1-2-4-18(7)23/h1-5H,6H2,(H,16,17)(H,21,22). The number of rotatable bonds is 4. The molecule has 0 bridgehead atoms. The van der Waals surface area contributed by atoms with E-state index in [1.807, 2.05) is 5.32 Å². The molecule has 0 unspecified atom stereocenters. The van der Waals surface area contributed by atoms with Crippen molar-refractivity contribution >= 4 is 23.5 Å². The van der Waals surface area contributed by atoms with E-state index in [1.165, 1.54) is 12.1 Å². The molecule has 0 radical (unpaired) electrons. The van der Waals surface area contributed by atoms with Crippen LogP contribution in [0.2, 0.25) is 5.15 Å². The zero-order valence-corrected chi connectivity index (χ0v) is 12.0. The SMILES string of the molecule is O=C(O)n1c(Cl)cnc(NCC(F)(F)c2cccc[n+]2[O-])c1=O. The molecule has 23 heavy (non-hydrogen) atoms. The van der Waals surface area contributed by atoms with E-state index in [-0.39, 0.29) is 9.30 Å². The van der Waals surface area contributed by atoms with Gasteiger partial charge in [-0.1, -0.05) is 11.6 Å². The van der Waals surface area contributed by atoms with Crippen LogP contribution in [0.3, 0.4) is 0 Å². The van der Waals surface area contributed by atoms with Crippen LogP contribution < -0.4 is 15.6 Å². The Bertz CT molecular complexity index is 812. The van der Waals surface area contributed by atoms with E-state index in [2.05, 4.69) is 4.98 Å². The highest BCUT2D eigenvalue weighted by atomic mass is 35.5. The molecule has 2 heterocycles. The first-order chi connectivity index (χ1) is 10.7. The highest BCUT2D eigenvalue weighted by Crippen LogP contribution is 2.24. The molecule has 2 aromatic rings. The lowest BCUT2D eigenvalue weighted by Crippen LogP contribution is -2.41. The van der Waals surface area contributed by atoms with Gasteiger partial charge in [-0.3, -0.25) is 4.79 Å². The summed E-state index contributed by atoms with van der Waals surface area (Å²) in [5.74, 6) is -4.25. The third-order valence-corrected chi connectivity index (χ3v) is 3.05. The van der Waals surface area contributed by atoms with Crippen LogP contribution >= 0.6 is 11.6 Å². The molecule has 0 saturated carbocycles. The normalized spacial score (nSPS) is 11.3. The van der Waals surface area contributed by atoms with Crippen LogP contribution in [0.15, 0.2) is 35.4 Å². The van der Waals surface area contributed by atoms with Crippen molar-refractivity contribution in [3.63, 3.8) is 0 Å². The van der Waals surface area contributed by atoms with Crippen LogP contribution in [-0.2, 0) is 5.92 Å². The second-order valence-corrected chi connectivity index (χ2v) is 4.71. The zero-order valence-electron chi connectivity index (χ0n) is 11.2. The Morgan fingerprint density at radius 3 is 2.83 bits per heavy atom. The molecule has 2 rings (SSSR count). The van der Waals surface area contributed by atoms with E-state index in [0.717, 1.165) is 18.5 Å². The molecule has 0 aromatic carbocycles. The first-order valence-corrected chi connectivity index (χ1v) is 6.43. The maximum atomic E-state index is 14.0. The summed E-state index contributed by atoms with van der Waals surface area (Å²) in [6, 6.07) is 3.47. The number of nitrogens with zero attached hydrogens (tertiary/aromatic N) is 3. The number of carboxylic acid groups (broad SMARTS) is 1. The van der Waals surface area contributed by atoms with Crippen LogP contribution in [0.5, 0.6) is 0 Å². The van der Waals surface area contributed by atoms with Gasteiger partial charge < -0.3 is 15.6 Å². The Morgan fingerprint density at radius 1 is 1.52 bits per heavy atom. The highest BCUT2D eigenvalue weighted by Gasteiger charge is 2.39. The molecule has 2 N–H and O–H groups in total. The quantitative estimate of drug-likeness (QED) is 0.637. The topological polar surface area (TPSA) is 111 Å². The summed E-state index contributed by atoms with van der Waals surface area (Å²) in [6.45, 7) is -1.14. The van der Waals surface area contributed by atoms with E-state index in [9.17, 15) is 23.6 Å². The fourth-order valence-corrected chi connectivity index (χ4v) is 1.93. The summed E-state index contributed by atoms with van der Waals surface area (Å²) >= 11 is 5.50. The Hall–Kier alpha value is -2.75. The van der Waals surface area contributed by atoms with Crippen molar-refractivity contribution in [1.82, 2.24) is 9.55 Å². The fourth-order valence-electron chi connectivity index (χ4n) is 1.73. The highest BCUT2D eigenvalue weighted by molar-refractivity contribution is 6.30. The van der Waals surface area contributed by atoms with Crippen molar-refractivity contribution in [3.8, 4) is 0 Å². The van der Waals surface area contributed by atoms with Crippen molar-refractivity contribution in [1.29, 1.82) is 0 Å². The molecule has 0 amide bonds. The minimum atomic E-state index is -3.62. The maximum absolute atomic E-state index is 14.0. The molecule has 8 nitrogen and oxygen atoms in total. The summed E-state index contributed by atoms with van der Waals surface area (Å²) in [7, 11) is 0. The average Bonchev–Trinajstić information content (AvgIpc) is 2.46. The van der Waals surface area contributed by atoms with Crippen LogP contribution in [0.1, 0.15) is 5.69 Å². The molecule has 11 heteroatoms. The molecule has 0 atom stereocenters. The first-order valence-electron chi connectivity index (χ1n) is 6.05. The van der Waals surface area contributed by atoms with Crippen molar-refractivity contribution in [3.05, 3.63) is 57.0 Å². The second kappa shape index (κ2) is 6.16. The summed E-state index contributed by atoms with van der Waals surface area (Å²) < 4.78 is 28.2. The molecular formula is C12H9ClF2N4O4. The van der Waals surface area contributed by atoms with Gasteiger partial charge in [-0.05, 0) is 6.07 Å². The van der Waals surface area contributed by atoms with Gasteiger partial charge in [-0.2, -0.15) is 18.1 Å². The number of alkyl halides is 2. The zero-order chi connectivity index (χ0) is 17.2. The van der Waals surface area contributed by atoms with Crippen LogP contribution in [0.4, 0.5) is 19.4 Å². The predicted molar refractivity (Wildman–Crippen MR) is 74.7 cm³/mol. The van der Waals surface area contributed by atoms with Crippen LogP contribution in [0.25, 0.3) is 0 Å². The smallest absolute Gasteiger partial charge is 0.419 e. The predicted octanol–water partition coefficient (Wildman–Crippen LogP) is 1.26. The lowest BCUT2D eigenvalue weighted by atomic mass is 10.2. The molecule has 0 spiro atoms. The fraction of sp³-hybridized carbons (Fsp3) is 0.167. The third kappa shape index (κ3) is 3.37. The van der Waals surface area contributed by atoms with Crippen LogP contribution in [0, 0.1) is 5.21 Å². The molecule has 122 valence electrons. The van der Waals surface area contributed by atoms with Gasteiger partial charge in [0.15, 0.2) is 12.0 Å². The van der Waals surface area contributed by atoms with Gasteiger partial charge in [0.1, 0.15) is 5.15 Å². The summed E-state index contributed by atoms with van der Waals surface area (Å²) in [5, 5.41) is 21.8. The molecule has 0 aliphatic carbocycles. The molecule has 2 aromatic heterocycles. The van der Waals surface area contributed by atoms with E-state index < -0.39 is 40.8 Å². The van der Waals surface area contributed by atoms with E-state index >= 15 is 0 Å². The molecule has 0 aliphatic rings. The number of anilines is 1. The van der Waals surface area contributed by atoms with Crippen molar-refractivity contribution in [2.45, 2.75) is 5.92 Å². The van der Waals surface area contributed by atoms with Crippen LogP contribution in [-0.4, -0.2) is 27.3 Å². The van der Waals surface area contributed by atoms with Gasteiger partial charge in [-0.15, -0.1) is 0 Å². The monoisotopic (exact) mass is 346 g/mol.